The molecule has 0 saturated carbocycles. The zero-order chi connectivity index (χ0) is 11.0. The van der Waals surface area contributed by atoms with Gasteiger partial charge in [0, 0.05) is 0 Å². The summed E-state index contributed by atoms with van der Waals surface area (Å²) in [7, 11) is 0. The minimum atomic E-state index is -0.783. The van der Waals surface area contributed by atoms with Gasteiger partial charge in [-0.15, -0.1) is 0 Å². The Hall–Kier alpha value is -0.890. The van der Waals surface area contributed by atoms with Crippen LogP contribution in [0.1, 0.15) is 15.9 Å². The van der Waals surface area contributed by atoms with Crippen LogP contribution in [0.5, 0.6) is 0 Å². The van der Waals surface area contributed by atoms with E-state index in [4.69, 9.17) is 0 Å². The van der Waals surface area contributed by atoms with Gasteiger partial charge < -0.3 is 0 Å². The van der Waals surface area contributed by atoms with E-state index in [1.807, 2.05) is 18.2 Å². The topological polar surface area (TPSA) is 17.1 Å². The fourth-order valence-corrected chi connectivity index (χ4v) is 5.78. The van der Waals surface area contributed by atoms with Crippen molar-refractivity contribution < 1.29 is 4.79 Å². The van der Waals surface area contributed by atoms with E-state index in [2.05, 4.69) is 28.1 Å². The van der Waals surface area contributed by atoms with Crippen molar-refractivity contribution in [1.82, 2.24) is 0 Å². The molecule has 16 heavy (non-hydrogen) atoms. The number of allylic oxidation sites excluding steroid dienone is 3. The fourth-order valence-electron chi connectivity index (χ4n) is 2.39. The molecular weight excluding hydrogens is 299 g/mol. The summed E-state index contributed by atoms with van der Waals surface area (Å²) in [4.78, 5) is 12.2. The summed E-state index contributed by atoms with van der Waals surface area (Å²) in [5.41, 5.74) is 2.18. The van der Waals surface area contributed by atoms with E-state index in [0.29, 0.717) is 5.78 Å². The number of carbonyl (C=O) groups is 1. The van der Waals surface area contributed by atoms with Gasteiger partial charge >= 0.3 is 106 Å². The SMILES string of the molecule is O=C1c2ccccc2CC1[C]1=[In][CH]=CC=C1. The number of Topliss-reactive ketones (excluding diaryl/α,β-unsaturated/α-hetero) is 1. The Bertz CT molecular complexity index is 537. The number of ketones is 1. The summed E-state index contributed by atoms with van der Waals surface area (Å²) in [6.45, 7) is 0. The Morgan fingerprint density at radius 2 is 2.06 bits per heavy atom. The summed E-state index contributed by atoms with van der Waals surface area (Å²) in [6.07, 6.45) is 7.29. The molecule has 1 heterocycles. The van der Waals surface area contributed by atoms with E-state index in [1.54, 1.807) is 0 Å². The van der Waals surface area contributed by atoms with Gasteiger partial charge in [0.2, 0.25) is 0 Å². The van der Waals surface area contributed by atoms with E-state index in [-0.39, 0.29) is 5.92 Å². The first-order valence-electron chi connectivity index (χ1n) is 5.53. The van der Waals surface area contributed by atoms with Crippen LogP contribution in [0.25, 0.3) is 0 Å². The van der Waals surface area contributed by atoms with Crippen LogP contribution in [0.3, 0.4) is 0 Å². The monoisotopic (exact) mass is 310 g/mol. The average Bonchev–Trinajstić information content (AvgIpc) is 2.69. The molecule has 0 bridgehead atoms. The Morgan fingerprint density at radius 1 is 1.19 bits per heavy atom. The van der Waals surface area contributed by atoms with Gasteiger partial charge in [0.1, 0.15) is 0 Å². The molecule has 1 aromatic carbocycles. The molecule has 76 valence electrons. The maximum atomic E-state index is 12.2. The molecule has 1 aromatic rings. The Morgan fingerprint density at radius 3 is 2.81 bits per heavy atom. The molecule has 0 amide bonds. The maximum absolute atomic E-state index is 12.2. The molecule has 1 atom stereocenters. The van der Waals surface area contributed by atoms with Gasteiger partial charge in [0.15, 0.2) is 0 Å². The number of hydrogen-bond donors (Lipinski definition) is 0. The van der Waals surface area contributed by atoms with Crippen LogP contribution < -0.4 is 0 Å². The average molecular weight is 310 g/mol. The van der Waals surface area contributed by atoms with Crippen molar-refractivity contribution in [3.63, 3.8) is 0 Å². The molecule has 0 radical (unpaired) electrons. The van der Waals surface area contributed by atoms with Crippen molar-refractivity contribution in [2.75, 3.05) is 0 Å². The molecule has 0 spiro atoms. The molecule has 2 aliphatic rings. The predicted octanol–water partition coefficient (Wildman–Crippen LogP) is 2.00. The van der Waals surface area contributed by atoms with Crippen molar-refractivity contribution in [3.05, 3.63) is 57.5 Å². The Kier molecular flexibility index (Phi) is 2.68. The van der Waals surface area contributed by atoms with Crippen LogP contribution in [-0.2, 0) is 6.42 Å². The first kappa shape index (κ1) is 10.3. The second-order valence-corrected chi connectivity index (χ2v) is 8.14. The quantitative estimate of drug-likeness (QED) is 0.775. The molecule has 1 aliphatic heterocycles. The fraction of sp³-hybridized carbons (Fsp3) is 0.143. The van der Waals surface area contributed by atoms with E-state index < -0.39 is 22.4 Å². The Balaban J connectivity index is 1.99. The van der Waals surface area contributed by atoms with Crippen LogP contribution in [-0.4, -0.2) is 31.5 Å². The third-order valence-corrected chi connectivity index (χ3v) is 7.21. The molecule has 0 N–H and O–H groups in total. The second-order valence-electron chi connectivity index (χ2n) is 4.19. The molecule has 0 fully saturated rings. The molecular formula is C14H11InO. The normalized spacial score (nSPS) is 21.6. The van der Waals surface area contributed by atoms with Crippen molar-refractivity contribution in [1.29, 1.82) is 0 Å². The summed E-state index contributed by atoms with van der Waals surface area (Å²) in [5.74, 6) is 0.511. The third-order valence-electron chi connectivity index (χ3n) is 3.23. The summed E-state index contributed by atoms with van der Waals surface area (Å²) >= 11 is -0.783. The van der Waals surface area contributed by atoms with Gasteiger partial charge in [0.05, 0.1) is 0 Å². The van der Waals surface area contributed by atoms with Crippen LogP contribution in [0.4, 0.5) is 0 Å². The molecule has 0 saturated heterocycles. The van der Waals surface area contributed by atoms with Crippen LogP contribution >= 0.6 is 0 Å². The van der Waals surface area contributed by atoms with E-state index in [1.165, 1.54) is 8.82 Å². The second kappa shape index (κ2) is 4.17. The van der Waals surface area contributed by atoms with E-state index >= 15 is 0 Å². The molecule has 1 aliphatic carbocycles. The van der Waals surface area contributed by atoms with Crippen molar-refractivity contribution in [2.24, 2.45) is 5.92 Å². The van der Waals surface area contributed by atoms with Crippen molar-refractivity contribution >= 4 is 31.5 Å². The van der Waals surface area contributed by atoms with Crippen molar-refractivity contribution in [3.8, 4) is 0 Å². The third kappa shape index (κ3) is 1.65. The molecule has 3 rings (SSSR count). The zero-order valence-corrected chi connectivity index (χ0v) is 12.2. The van der Waals surface area contributed by atoms with Crippen LogP contribution in [0.2, 0.25) is 0 Å². The van der Waals surface area contributed by atoms with Gasteiger partial charge in [-0.2, -0.15) is 0 Å². The van der Waals surface area contributed by atoms with Gasteiger partial charge in [-0.3, -0.25) is 0 Å². The van der Waals surface area contributed by atoms with E-state index in [9.17, 15) is 4.79 Å². The van der Waals surface area contributed by atoms with E-state index in [0.717, 1.165) is 12.0 Å². The molecule has 0 aromatic heterocycles. The zero-order valence-electron chi connectivity index (χ0n) is 8.89. The summed E-state index contributed by atoms with van der Waals surface area (Å²) in [5, 5.41) is 0. The summed E-state index contributed by atoms with van der Waals surface area (Å²) < 4.78 is 3.75. The van der Waals surface area contributed by atoms with Crippen molar-refractivity contribution in [2.45, 2.75) is 6.42 Å². The Labute approximate surface area is 106 Å². The first-order chi connectivity index (χ1) is 7.86. The van der Waals surface area contributed by atoms with Crippen LogP contribution in [0, 0.1) is 5.92 Å². The van der Waals surface area contributed by atoms with Gasteiger partial charge in [-0.05, 0) is 0 Å². The first-order valence-corrected chi connectivity index (χ1v) is 9.08. The number of rotatable bonds is 1. The standard InChI is InChI=1S/C14H11O.In/c1-2-3-4-8-12-10-11-7-5-6-9-13(11)14(12)15;/h1-7,9,12H,10H2;. The number of carbonyl (C=O) groups excluding carboxylic acids is 1. The van der Waals surface area contributed by atoms with Gasteiger partial charge in [0.25, 0.3) is 0 Å². The molecule has 1 unspecified atom stereocenters. The molecule has 1 nitrogen and oxygen atoms in total. The minimum absolute atomic E-state index is 0.166. The molecule has 2 heteroatoms. The number of benzene rings is 1. The van der Waals surface area contributed by atoms with Crippen LogP contribution in [0.15, 0.2) is 46.3 Å². The van der Waals surface area contributed by atoms with Gasteiger partial charge in [-0.1, -0.05) is 0 Å². The number of fused-ring (bicyclic) bond motifs is 1. The van der Waals surface area contributed by atoms with Gasteiger partial charge in [-0.25, -0.2) is 0 Å². The summed E-state index contributed by atoms with van der Waals surface area (Å²) in [6, 6.07) is 8.04. The number of hydrogen-bond acceptors (Lipinski definition) is 1. The predicted molar refractivity (Wildman–Crippen MR) is 67.0 cm³/mol.